The van der Waals surface area contributed by atoms with Crippen LogP contribution in [0.2, 0.25) is 0 Å². The SMILES string of the molecule is CCOC(=O)Cc1ccc2c(c1)C(C(=O)Nc1c(F)c(F)c(C(F)(F)F)c(F)c1F)CCC2=O. The lowest BCUT2D eigenvalue weighted by Crippen LogP contribution is -2.28. The number of alkyl halides is 3. The van der Waals surface area contributed by atoms with E-state index in [-0.39, 0.29) is 42.8 Å². The number of hydrogen-bond acceptors (Lipinski definition) is 4. The normalized spacial score (nSPS) is 15.6. The summed E-state index contributed by atoms with van der Waals surface area (Å²) in [5.74, 6) is -13.7. The fourth-order valence-corrected chi connectivity index (χ4v) is 3.68. The fourth-order valence-electron chi connectivity index (χ4n) is 3.68. The Morgan fingerprint density at radius 1 is 1.06 bits per heavy atom. The monoisotopic (exact) mass is 491 g/mol. The molecule has 1 aliphatic carbocycles. The highest BCUT2D eigenvalue weighted by atomic mass is 19.4. The molecule has 1 N–H and O–H groups in total. The first kappa shape index (κ1) is 25.2. The molecule has 0 aliphatic heterocycles. The van der Waals surface area contributed by atoms with Crippen LogP contribution < -0.4 is 5.32 Å². The summed E-state index contributed by atoms with van der Waals surface area (Å²) in [7, 11) is 0. The summed E-state index contributed by atoms with van der Waals surface area (Å²) in [6.45, 7) is 1.71. The molecule has 0 saturated heterocycles. The number of ketones is 1. The van der Waals surface area contributed by atoms with Gasteiger partial charge in [-0.1, -0.05) is 18.2 Å². The molecular weight excluding hydrogens is 475 g/mol. The molecule has 182 valence electrons. The molecule has 1 aliphatic rings. The average Bonchev–Trinajstić information content (AvgIpc) is 2.74. The lowest BCUT2D eigenvalue weighted by Gasteiger charge is -2.25. The van der Waals surface area contributed by atoms with Gasteiger partial charge in [0.2, 0.25) is 5.91 Å². The van der Waals surface area contributed by atoms with Crippen molar-refractivity contribution in [1.29, 1.82) is 0 Å². The lowest BCUT2D eigenvalue weighted by molar-refractivity contribution is -0.143. The minimum absolute atomic E-state index is 0.0872. The Balaban J connectivity index is 1.98. The summed E-state index contributed by atoms with van der Waals surface area (Å²) in [4.78, 5) is 36.7. The molecule has 0 fully saturated rings. The second-order valence-corrected chi connectivity index (χ2v) is 7.41. The second-order valence-electron chi connectivity index (χ2n) is 7.41. The van der Waals surface area contributed by atoms with Crippen LogP contribution in [0.3, 0.4) is 0 Å². The van der Waals surface area contributed by atoms with Crippen LogP contribution >= 0.6 is 0 Å². The van der Waals surface area contributed by atoms with Crippen LogP contribution in [0.25, 0.3) is 0 Å². The fraction of sp³-hybridized carbons (Fsp3) is 0.318. The van der Waals surface area contributed by atoms with Crippen LogP contribution in [0.4, 0.5) is 36.4 Å². The predicted octanol–water partition coefficient (Wildman–Crippen LogP) is 5.07. The number of esters is 1. The van der Waals surface area contributed by atoms with Gasteiger partial charge in [0, 0.05) is 12.0 Å². The van der Waals surface area contributed by atoms with Crippen molar-refractivity contribution in [2.75, 3.05) is 11.9 Å². The quantitative estimate of drug-likeness (QED) is 0.360. The number of hydrogen-bond donors (Lipinski definition) is 1. The van der Waals surface area contributed by atoms with Crippen molar-refractivity contribution >= 4 is 23.3 Å². The molecule has 0 radical (unpaired) electrons. The Morgan fingerprint density at radius 2 is 1.68 bits per heavy atom. The first-order valence-electron chi connectivity index (χ1n) is 9.92. The molecule has 0 heterocycles. The van der Waals surface area contributed by atoms with E-state index in [9.17, 15) is 45.1 Å². The topological polar surface area (TPSA) is 72.5 Å². The third kappa shape index (κ3) is 4.75. The predicted molar refractivity (Wildman–Crippen MR) is 103 cm³/mol. The summed E-state index contributed by atoms with van der Waals surface area (Å²) < 4.78 is 99.3. The number of carbonyl (C=O) groups is 3. The summed E-state index contributed by atoms with van der Waals surface area (Å²) in [5.41, 5.74) is -3.96. The molecule has 34 heavy (non-hydrogen) atoms. The summed E-state index contributed by atoms with van der Waals surface area (Å²) in [6.07, 6.45) is -6.24. The van der Waals surface area contributed by atoms with Crippen LogP contribution in [0, 0.1) is 23.3 Å². The van der Waals surface area contributed by atoms with E-state index in [0.29, 0.717) is 5.56 Å². The molecule has 0 saturated carbocycles. The number of ether oxygens (including phenoxy) is 1. The second kappa shape index (κ2) is 9.43. The zero-order valence-corrected chi connectivity index (χ0v) is 17.4. The molecule has 12 heteroatoms. The molecule has 3 rings (SSSR count). The van der Waals surface area contributed by atoms with Gasteiger partial charge in [0.25, 0.3) is 0 Å². The molecule has 5 nitrogen and oxygen atoms in total. The van der Waals surface area contributed by atoms with Gasteiger partial charge in [-0.25, -0.2) is 17.6 Å². The van der Waals surface area contributed by atoms with E-state index in [0.717, 1.165) is 0 Å². The van der Waals surface area contributed by atoms with E-state index in [1.807, 2.05) is 0 Å². The number of carbonyl (C=O) groups excluding carboxylic acids is 3. The number of anilines is 1. The van der Waals surface area contributed by atoms with Gasteiger partial charge in [-0.3, -0.25) is 14.4 Å². The first-order valence-corrected chi connectivity index (χ1v) is 9.92. The van der Waals surface area contributed by atoms with E-state index in [4.69, 9.17) is 4.74 Å². The maximum atomic E-state index is 14.2. The van der Waals surface area contributed by atoms with Gasteiger partial charge < -0.3 is 10.1 Å². The Kier molecular flexibility index (Phi) is 6.99. The van der Waals surface area contributed by atoms with E-state index in [1.165, 1.54) is 18.2 Å². The van der Waals surface area contributed by atoms with Crippen molar-refractivity contribution in [2.24, 2.45) is 0 Å². The maximum Gasteiger partial charge on any atom is 0.422 e. The number of Topliss-reactive ketones (excluding diaryl/α,β-unsaturated/α-hetero) is 1. The van der Waals surface area contributed by atoms with Gasteiger partial charge in [0.1, 0.15) is 11.3 Å². The molecule has 0 aromatic heterocycles. The average molecular weight is 491 g/mol. The van der Waals surface area contributed by atoms with Crippen molar-refractivity contribution < 1.29 is 49.9 Å². The van der Waals surface area contributed by atoms with Crippen molar-refractivity contribution in [2.45, 2.75) is 38.3 Å². The number of halogens is 7. The molecule has 2 aromatic rings. The molecule has 2 aromatic carbocycles. The minimum atomic E-state index is -5.73. The third-order valence-electron chi connectivity index (χ3n) is 5.22. The van der Waals surface area contributed by atoms with Crippen LogP contribution in [0.5, 0.6) is 0 Å². The third-order valence-corrected chi connectivity index (χ3v) is 5.22. The molecular formula is C22H16F7NO4. The maximum absolute atomic E-state index is 14.2. The first-order chi connectivity index (χ1) is 15.9. The smallest absolute Gasteiger partial charge is 0.422 e. The van der Waals surface area contributed by atoms with Crippen LogP contribution in [-0.2, 0) is 26.9 Å². The standard InChI is InChI=1S/C22H16F7NO4/c1-2-34-14(32)8-9-3-4-10-12(7-9)11(5-6-13(10)31)21(33)30-20-18(25)16(23)15(22(27,28)29)17(24)19(20)26/h3-4,7,11H,2,5-6,8H2,1H3,(H,30,33). The number of nitrogens with one attached hydrogen (secondary N) is 1. The number of rotatable bonds is 5. The Labute approximate surface area is 187 Å². The van der Waals surface area contributed by atoms with Crippen molar-refractivity contribution in [3.8, 4) is 0 Å². The number of benzene rings is 2. The van der Waals surface area contributed by atoms with E-state index in [2.05, 4.69) is 0 Å². The Bertz CT molecular complexity index is 1150. The van der Waals surface area contributed by atoms with Crippen molar-refractivity contribution in [3.05, 3.63) is 63.7 Å². The molecule has 1 unspecified atom stereocenters. The number of fused-ring (bicyclic) bond motifs is 1. The van der Waals surface area contributed by atoms with Gasteiger partial charge in [-0.2, -0.15) is 13.2 Å². The number of amides is 1. The van der Waals surface area contributed by atoms with Crippen LogP contribution in [-0.4, -0.2) is 24.3 Å². The molecule has 0 spiro atoms. The Morgan fingerprint density at radius 3 is 2.24 bits per heavy atom. The van der Waals surface area contributed by atoms with Gasteiger partial charge >= 0.3 is 12.1 Å². The van der Waals surface area contributed by atoms with Crippen LogP contribution in [0.1, 0.15) is 52.7 Å². The van der Waals surface area contributed by atoms with Gasteiger partial charge in [-0.05, 0) is 24.5 Å². The van der Waals surface area contributed by atoms with Gasteiger partial charge in [0.05, 0.1) is 18.9 Å². The zero-order chi connectivity index (χ0) is 25.4. The van der Waals surface area contributed by atoms with Crippen molar-refractivity contribution in [1.82, 2.24) is 0 Å². The zero-order valence-electron chi connectivity index (χ0n) is 17.4. The van der Waals surface area contributed by atoms with Gasteiger partial charge in [-0.15, -0.1) is 0 Å². The molecule has 1 amide bonds. The largest absolute Gasteiger partial charge is 0.466 e. The van der Waals surface area contributed by atoms with Gasteiger partial charge in [0.15, 0.2) is 29.1 Å². The highest BCUT2D eigenvalue weighted by molar-refractivity contribution is 6.04. The van der Waals surface area contributed by atoms with Crippen LogP contribution in [0.15, 0.2) is 18.2 Å². The van der Waals surface area contributed by atoms with E-state index >= 15 is 0 Å². The summed E-state index contributed by atoms with van der Waals surface area (Å²) >= 11 is 0. The highest BCUT2D eigenvalue weighted by Crippen LogP contribution is 2.39. The summed E-state index contributed by atoms with van der Waals surface area (Å²) in [6, 6.07) is 4.15. The molecule has 1 atom stereocenters. The summed E-state index contributed by atoms with van der Waals surface area (Å²) in [5, 5.41) is 1.61. The lowest BCUT2D eigenvalue weighted by atomic mass is 9.80. The molecule has 0 bridgehead atoms. The van der Waals surface area contributed by atoms with E-state index < -0.39 is 58.5 Å². The van der Waals surface area contributed by atoms with E-state index in [1.54, 1.807) is 12.2 Å². The van der Waals surface area contributed by atoms with Crippen molar-refractivity contribution in [3.63, 3.8) is 0 Å². The Hall–Kier alpha value is -3.44. The minimum Gasteiger partial charge on any atom is -0.466 e. The highest BCUT2D eigenvalue weighted by Gasteiger charge is 2.43.